The number of likely N-dealkylation sites (N-methyl/N-ethyl adjacent to an activating group) is 1. The number of aromatic nitrogens is 1. The molecule has 0 saturated carbocycles. The summed E-state index contributed by atoms with van der Waals surface area (Å²) in [5, 5.41) is 13.6. The summed E-state index contributed by atoms with van der Waals surface area (Å²) in [6.45, 7) is 2.09. The molecule has 15 heavy (non-hydrogen) atoms. The van der Waals surface area contributed by atoms with Gasteiger partial charge in [0.25, 0.3) is 5.69 Å². The summed E-state index contributed by atoms with van der Waals surface area (Å²) in [7, 11) is 1.90. The van der Waals surface area contributed by atoms with E-state index in [4.69, 9.17) is 0 Å². The van der Waals surface area contributed by atoms with Crippen molar-refractivity contribution in [1.82, 2.24) is 10.3 Å². The Labute approximate surface area is 88.7 Å². The minimum Gasteiger partial charge on any atom is -0.317 e. The van der Waals surface area contributed by atoms with Crippen molar-refractivity contribution in [3.05, 3.63) is 34.1 Å². The Morgan fingerprint density at radius 3 is 2.73 bits per heavy atom. The topological polar surface area (TPSA) is 68.1 Å². The van der Waals surface area contributed by atoms with Gasteiger partial charge >= 0.3 is 0 Å². The van der Waals surface area contributed by atoms with E-state index in [1.54, 1.807) is 6.07 Å². The van der Waals surface area contributed by atoms with E-state index in [9.17, 15) is 10.1 Å². The summed E-state index contributed by atoms with van der Waals surface area (Å²) < 4.78 is 0. The largest absolute Gasteiger partial charge is 0.317 e. The second-order valence-electron chi connectivity index (χ2n) is 3.36. The summed E-state index contributed by atoms with van der Waals surface area (Å²) in [4.78, 5) is 14.0. The highest BCUT2D eigenvalue weighted by Gasteiger charge is 2.08. The smallest absolute Gasteiger partial charge is 0.287 e. The van der Waals surface area contributed by atoms with Gasteiger partial charge in [-0.3, -0.25) is 15.1 Å². The maximum absolute atomic E-state index is 10.4. The molecule has 0 bridgehead atoms. The molecule has 1 heterocycles. The highest BCUT2D eigenvalue weighted by molar-refractivity contribution is 5.26. The van der Waals surface area contributed by atoms with Gasteiger partial charge in [-0.2, -0.15) is 0 Å². The van der Waals surface area contributed by atoms with Crippen LogP contribution < -0.4 is 5.32 Å². The summed E-state index contributed by atoms with van der Waals surface area (Å²) in [5.41, 5.74) is 0.915. The standard InChI is InChI=1S/C10H15N3O2/c1-3-8(11-2)6-9-4-5-10(7-12-9)13(14)15/h4-5,7-8,11H,3,6H2,1-2H3. The second-order valence-corrected chi connectivity index (χ2v) is 3.36. The maximum Gasteiger partial charge on any atom is 0.287 e. The molecule has 5 nitrogen and oxygen atoms in total. The zero-order valence-electron chi connectivity index (χ0n) is 8.93. The Balaban J connectivity index is 2.67. The van der Waals surface area contributed by atoms with Crippen LogP contribution in [0.1, 0.15) is 19.0 Å². The van der Waals surface area contributed by atoms with Crippen LogP contribution in [0.3, 0.4) is 0 Å². The van der Waals surface area contributed by atoms with Crippen LogP contribution in [0, 0.1) is 10.1 Å². The molecule has 0 aliphatic carbocycles. The number of rotatable bonds is 5. The molecule has 1 unspecified atom stereocenters. The van der Waals surface area contributed by atoms with Crippen molar-refractivity contribution in [2.24, 2.45) is 0 Å². The molecular weight excluding hydrogens is 194 g/mol. The van der Waals surface area contributed by atoms with Crippen LogP contribution in [-0.2, 0) is 6.42 Å². The van der Waals surface area contributed by atoms with Crippen LogP contribution in [0.5, 0.6) is 0 Å². The third-order valence-electron chi connectivity index (χ3n) is 2.38. The third kappa shape index (κ3) is 3.28. The van der Waals surface area contributed by atoms with Gasteiger partial charge in [0, 0.05) is 24.2 Å². The first kappa shape index (κ1) is 11.6. The van der Waals surface area contributed by atoms with E-state index >= 15 is 0 Å². The number of pyridine rings is 1. The Morgan fingerprint density at radius 2 is 2.33 bits per heavy atom. The van der Waals surface area contributed by atoms with Gasteiger partial charge in [-0.25, -0.2) is 0 Å². The number of hydrogen-bond acceptors (Lipinski definition) is 4. The molecule has 0 radical (unpaired) electrons. The van der Waals surface area contributed by atoms with E-state index in [1.807, 2.05) is 7.05 Å². The van der Waals surface area contributed by atoms with Crippen LogP contribution in [0.4, 0.5) is 5.69 Å². The number of hydrogen-bond donors (Lipinski definition) is 1. The second kappa shape index (κ2) is 5.41. The Hall–Kier alpha value is -1.49. The van der Waals surface area contributed by atoms with Crippen molar-refractivity contribution in [2.75, 3.05) is 7.05 Å². The first-order chi connectivity index (χ1) is 7.17. The summed E-state index contributed by atoms with van der Waals surface area (Å²) >= 11 is 0. The molecule has 1 aromatic heterocycles. The van der Waals surface area contributed by atoms with Gasteiger partial charge in [-0.15, -0.1) is 0 Å². The lowest BCUT2D eigenvalue weighted by molar-refractivity contribution is -0.385. The molecule has 5 heteroatoms. The van der Waals surface area contributed by atoms with Gasteiger partial charge in [0.2, 0.25) is 0 Å². The first-order valence-electron chi connectivity index (χ1n) is 4.94. The number of nitrogens with one attached hydrogen (secondary N) is 1. The van der Waals surface area contributed by atoms with Crippen LogP contribution >= 0.6 is 0 Å². The van der Waals surface area contributed by atoms with Gasteiger partial charge in [-0.05, 0) is 19.5 Å². The molecule has 0 fully saturated rings. The van der Waals surface area contributed by atoms with Crippen LogP contribution in [0.25, 0.3) is 0 Å². The molecule has 0 aliphatic heterocycles. The zero-order valence-corrected chi connectivity index (χ0v) is 8.93. The van der Waals surface area contributed by atoms with Crippen molar-refractivity contribution in [3.8, 4) is 0 Å². The zero-order chi connectivity index (χ0) is 11.3. The quantitative estimate of drug-likeness (QED) is 0.589. The summed E-state index contributed by atoms with van der Waals surface area (Å²) in [6, 6.07) is 3.57. The highest BCUT2D eigenvalue weighted by atomic mass is 16.6. The molecule has 0 amide bonds. The van der Waals surface area contributed by atoms with Crippen LogP contribution in [-0.4, -0.2) is 23.0 Å². The third-order valence-corrected chi connectivity index (χ3v) is 2.38. The molecule has 82 valence electrons. The minimum absolute atomic E-state index is 0.0382. The minimum atomic E-state index is -0.438. The first-order valence-corrected chi connectivity index (χ1v) is 4.94. The van der Waals surface area contributed by atoms with Crippen molar-refractivity contribution in [3.63, 3.8) is 0 Å². The normalized spacial score (nSPS) is 12.4. The summed E-state index contributed by atoms with van der Waals surface area (Å²) in [5.74, 6) is 0. The van der Waals surface area contributed by atoms with Crippen molar-refractivity contribution < 1.29 is 4.92 Å². The average Bonchev–Trinajstić information content (AvgIpc) is 2.26. The Morgan fingerprint density at radius 1 is 1.60 bits per heavy atom. The number of nitro groups is 1. The lowest BCUT2D eigenvalue weighted by Crippen LogP contribution is -2.26. The van der Waals surface area contributed by atoms with Gasteiger partial charge < -0.3 is 5.32 Å². The van der Waals surface area contributed by atoms with Crippen molar-refractivity contribution in [2.45, 2.75) is 25.8 Å². The number of nitrogens with zero attached hydrogens (tertiary/aromatic N) is 2. The molecular formula is C10H15N3O2. The van der Waals surface area contributed by atoms with E-state index in [0.29, 0.717) is 6.04 Å². The molecule has 0 spiro atoms. The molecule has 0 aliphatic rings. The van der Waals surface area contributed by atoms with Crippen LogP contribution in [0.15, 0.2) is 18.3 Å². The predicted octanol–water partition coefficient (Wildman–Crippen LogP) is 1.53. The lowest BCUT2D eigenvalue weighted by Gasteiger charge is -2.12. The fourth-order valence-electron chi connectivity index (χ4n) is 1.35. The molecule has 0 aromatic carbocycles. The lowest BCUT2D eigenvalue weighted by atomic mass is 10.1. The predicted molar refractivity (Wildman–Crippen MR) is 57.7 cm³/mol. The van der Waals surface area contributed by atoms with E-state index in [-0.39, 0.29) is 5.69 Å². The van der Waals surface area contributed by atoms with Gasteiger partial charge in [-0.1, -0.05) is 6.92 Å². The molecule has 0 saturated heterocycles. The molecule has 1 aromatic rings. The van der Waals surface area contributed by atoms with Crippen molar-refractivity contribution in [1.29, 1.82) is 0 Å². The monoisotopic (exact) mass is 209 g/mol. The Kier molecular flexibility index (Phi) is 4.17. The SMILES string of the molecule is CCC(Cc1ccc([N+](=O)[O-])cn1)NC. The van der Waals surface area contributed by atoms with Gasteiger partial charge in [0.15, 0.2) is 0 Å². The summed E-state index contributed by atoms with van der Waals surface area (Å²) in [6.07, 6.45) is 3.11. The fraction of sp³-hybridized carbons (Fsp3) is 0.500. The van der Waals surface area contributed by atoms with E-state index in [2.05, 4.69) is 17.2 Å². The van der Waals surface area contributed by atoms with Crippen LogP contribution in [0.2, 0.25) is 0 Å². The molecule has 1 N–H and O–H groups in total. The van der Waals surface area contributed by atoms with Gasteiger partial charge in [0.1, 0.15) is 6.20 Å². The molecule has 1 rings (SSSR count). The van der Waals surface area contributed by atoms with E-state index in [1.165, 1.54) is 12.3 Å². The maximum atomic E-state index is 10.4. The van der Waals surface area contributed by atoms with E-state index in [0.717, 1.165) is 18.5 Å². The Bertz CT molecular complexity index is 320. The molecule has 1 atom stereocenters. The fourth-order valence-corrected chi connectivity index (χ4v) is 1.35. The average molecular weight is 209 g/mol. The highest BCUT2D eigenvalue weighted by Crippen LogP contribution is 2.10. The van der Waals surface area contributed by atoms with Crippen molar-refractivity contribution >= 4 is 5.69 Å². The van der Waals surface area contributed by atoms with Gasteiger partial charge in [0.05, 0.1) is 4.92 Å². The van der Waals surface area contributed by atoms with E-state index < -0.39 is 4.92 Å².